The van der Waals surface area contributed by atoms with Gasteiger partial charge in [-0.25, -0.2) is 0 Å². The number of nitrogens with one attached hydrogen (secondary N) is 1. The van der Waals surface area contributed by atoms with Gasteiger partial charge < -0.3 is 20.1 Å². The first kappa shape index (κ1) is 15.7. The van der Waals surface area contributed by atoms with E-state index in [-0.39, 0.29) is 6.10 Å². The normalized spacial score (nSPS) is 37.1. The van der Waals surface area contributed by atoms with Crippen LogP contribution in [0, 0.1) is 0 Å². The van der Waals surface area contributed by atoms with Gasteiger partial charge in [0.15, 0.2) is 0 Å². The van der Waals surface area contributed by atoms with E-state index < -0.39 is 5.60 Å². The van der Waals surface area contributed by atoms with Gasteiger partial charge in [-0.2, -0.15) is 0 Å². The number of hydrogen-bond donors (Lipinski definition) is 2. The summed E-state index contributed by atoms with van der Waals surface area (Å²) in [7, 11) is 0. The van der Waals surface area contributed by atoms with Crippen molar-refractivity contribution < 1.29 is 9.84 Å². The van der Waals surface area contributed by atoms with Gasteiger partial charge in [0.25, 0.3) is 0 Å². The van der Waals surface area contributed by atoms with E-state index in [0.717, 1.165) is 12.5 Å². The van der Waals surface area contributed by atoms with Crippen molar-refractivity contribution >= 4 is 0 Å². The molecule has 0 radical (unpaired) electrons. The molecular weight excluding hydrogens is 264 g/mol. The predicted molar refractivity (Wildman–Crippen MR) is 84.5 cm³/mol. The summed E-state index contributed by atoms with van der Waals surface area (Å²) in [6.45, 7) is 5.82. The topological polar surface area (TPSA) is 44.7 Å². The quantitative estimate of drug-likeness (QED) is 0.832. The lowest BCUT2D eigenvalue weighted by Gasteiger charge is -2.40. The van der Waals surface area contributed by atoms with Gasteiger partial charge >= 0.3 is 0 Å². The minimum absolute atomic E-state index is 0.0349. The first-order chi connectivity index (χ1) is 10.2. The largest absolute Gasteiger partial charge is 0.386 e. The van der Waals surface area contributed by atoms with Crippen LogP contribution in [0.25, 0.3) is 0 Å². The number of hydrogen-bond acceptors (Lipinski definition) is 4. The molecule has 2 saturated heterocycles. The molecule has 3 rings (SSSR count). The molecule has 1 saturated carbocycles. The number of aliphatic hydroxyl groups is 1. The molecule has 2 aliphatic heterocycles. The van der Waals surface area contributed by atoms with Crippen LogP contribution in [-0.2, 0) is 4.74 Å². The highest BCUT2D eigenvalue weighted by Crippen LogP contribution is 2.27. The molecule has 4 heteroatoms. The molecule has 0 unspecified atom stereocenters. The standard InChI is InChI=1S/C17H32N2O2/c1-14-17(20,9-12-21-14)13-18-15-7-10-19(11-8-15)16-5-3-2-4-6-16/h14-16,18,20H,2-13H2,1H3/t14-,17+/m1/s1. The van der Waals surface area contributed by atoms with Crippen LogP contribution in [0.15, 0.2) is 0 Å². The smallest absolute Gasteiger partial charge is 0.105 e. The molecule has 4 nitrogen and oxygen atoms in total. The monoisotopic (exact) mass is 296 g/mol. The molecule has 1 aliphatic carbocycles. The van der Waals surface area contributed by atoms with Gasteiger partial charge in [-0.15, -0.1) is 0 Å². The Morgan fingerprint density at radius 2 is 1.86 bits per heavy atom. The summed E-state index contributed by atoms with van der Waals surface area (Å²) in [6.07, 6.45) is 10.3. The average molecular weight is 296 g/mol. The summed E-state index contributed by atoms with van der Waals surface area (Å²) in [5, 5.41) is 14.1. The van der Waals surface area contributed by atoms with Gasteiger partial charge in [-0.05, 0) is 45.7 Å². The van der Waals surface area contributed by atoms with Gasteiger partial charge in [0.1, 0.15) is 5.60 Å². The van der Waals surface area contributed by atoms with E-state index in [4.69, 9.17) is 4.74 Å². The number of ether oxygens (including phenoxy) is 1. The van der Waals surface area contributed by atoms with E-state index in [0.29, 0.717) is 19.2 Å². The molecule has 21 heavy (non-hydrogen) atoms. The van der Waals surface area contributed by atoms with Crippen molar-refractivity contribution in [2.45, 2.75) is 82.1 Å². The molecule has 2 atom stereocenters. The van der Waals surface area contributed by atoms with Crippen molar-refractivity contribution in [2.24, 2.45) is 0 Å². The Bertz CT molecular complexity index is 325. The molecular formula is C17H32N2O2. The Morgan fingerprint density at radius 1 is 1.14 bits per heavy atom. The fraction of sp³-hybridized carbons (Fsp3) is 1.00. The van der Waals surface area contributed by atoms with Crippen molar-refractivity contribution in [3.8, 4) is 0 Å². The highest BCUT2D eigenvalue weighted by molar-refractivity contribution is 4.93. The summed E-state index contributed by atoms with van der Waals surface area (Å²) < 4.78 is 5.51. The van der Waals surface area contributed by atoms with E-state index >= 15 is 0 Å². The van der Waals surface area contributed by atoms with E-state index in [1.54, 1.807) is 0 Å². The minimum Gasteiger partial charge on any atom is -0.386 e. The zero-order valence-electron chi connectivity index (χ0n) is 13.5. The Labute approximate surface area is 129 Å². The number of nitrogens with zero attached hydrogens (tertiary/aromatic N) is 1. The van der Waals surface area contributed by atoms with Crippen LogP contribution in [0.2, 0.25) is 0 Å². The van der Waals surface area contributed by atoms with Gasteiger partial charge in [0, 0.05) is 31.7 Å². The van der Waals surface area contributed by atoms with Crippen LogP contribution >= 0.6 is 0 Å². The number of rotatable bonds is 4. The van der Waals surface area contributed by atoms with E-state index in [2.05, 4.69) is 10.2 Å². The first-order valence-electron chi connectivity index (χ1n) is 8.99. The summed E-state index contributed by atoms with van der Waals surface area (Å²) in [4.78, 5) is 2.72. The number of piperidine rings is 1. The third kappa shape index (κ3) is 3.79. The lowest BCUT2D eigenvalue weighted by atomic mass is 9.91. The van der Waals surface area contributed by atoms with Crippen molar-refractivity contribution in [1.82, 2.24) is 10.2 Å². The highest BCUT2D eigenvalue weighted by atomic mass is 16.5. The molecule has 0 aromatic carbocycles. The van der Waals surface area contributed by atoms with Gasteiger partial charge in [-0.1, -0.05) is 19.3 Å². The minimum atomic E-state index is -0.652. The molecule has 0 aromatic heterocycles. The highest BCUT2D eigenvalue weighted by Gasteiger charge is 2.39. The van der Waals surface area contributed by atoms with Crippen LogP contribution in [0.5, 0.6) is 0 Å². The zero-order chi connectivity index (χ0) is 14.7. The fourth-order valence-electron chi connectivity index (χ4n) is 4.24. The molecule has 0 spiro atoms. The van der Waals surface area contributed by atoms with Gasteiger partial charge in [-0.3, -0.25) is 0 Å². The molecule has 0 amide bonds. The van der Waals surface area contributed by atoms with Crippen molar-refractivity contribution in [3.05, 3.63) is 0 Å². The molecule has 3 aliphatic rings. The lowest BCUT2D eigenvalue weighted by Crippen LogP contribution is -2.52. The predicted octanol–water partition coefficient (Wildman–Crippen LogP) is 1.91. The number of likely N-dealkylation sites (tertiary alicyclic amines) is 1. The lowest BCUT2D eigenvalue weighted by molar-refractivity contribution is -0.0291. The maximum Gasteiger partial charge on any atom is 0.105 e. The fourth-order valence-corrected chi connectivity index (χ4v) is 4.24. The molecule has 2 N–H and O–H groups in total. The van der Waals surface area contributed by atoms with Crippen LogP contribution in [0.4, 0.5) is 0 Å². The van der Waals surface area contributed by atoms with Crippen molar-refractivity contribution in [3.63, 3.8) is 0 Å². The summed E-state index contributed by atoms with van der Waals surface area (Å²) >= 11 is 0. The second-order valence-corrected chi connectivity index (χ2v) is 7.35. The third-order valence-corrected chi connectivity index (χ3v) is 5.98. The Morgan fingerprint density at radius 3 is 2.48 bits per heavy atom. The van der Waals surface area contributed by atoms with Crippen LogP contribution in [0.3, 0.4) is 0 Å². The van der Waals surface area contributed by atoms with E-state index in [1.807, 2.05) is 6.92 Å². The Balaban J connectivity index is 1.39. The second kappa shape index (κ2) is 6.95. The van der Waals surface area contributed by atoms with Crippen LogP contribution in [-0.4, -0.2) is 60.0 Å². The molecule has 0 aromatic rings. The Kier molecular flexibility index (Phi) is 5.20. The SMILES string of the molecule is C[C@H]1OCC[C@]1(O)CNC1CCN(C2CCCCC2)CC1. The van der Waals surface area contributed by atoms with Crippen molar-refractivity contribution in [1.29, 1.82) is 0 Å². The zero-order valence-corrected chi connectivity index (χ0v) is 13.5. The molecule has 2 heterocycles. The maximum absolute atomic E-state index is 10.5. The summed E-state index contributed by atoms with van der Waals surface area (Å²) in [5.74, 6) is 0. The molecule has 0 bridgehead atoms. The first-order valence-corrected chi connectivity index (χ1v) is 8.99. The van der Waals surface area contributed by atoms with Crippen LogP contribution in [0.1, 0.15) is 58.3 Å². The second-order valence-electron chi connectivity index (χ2n) is 7.35. The molecule has 3 fully saturated rings. The average Bonchev–Trinajstić information content (AvgIpc) is 2.87. The van der Waals surface area contributed by atoms with Crippen LogP contribution < -0.4 is 5.32 Å². The summed E-state index contributed by atoms with van der Waals surface area (Å²) in [5.41, 5.74) is -0.652. The summed E-state index contributed by atoms with van der Waals surface area (Å²) in [6, 6.07) is 1.42. The van der Waals surface area contributed by atoms with E-state index in [9.17, 15) is 5.11 Å². The van der Waals surface area contributed by atoms with Gasteiger partial charge in [0.2, 0.25) is 0 Å². The Hall–Kier alpha value is -0.160. The van der Waals surface area contributed by atoms with E-state index in [1.165, 1.54) is 58.0 Å². The molecule has 122 valence electrons. The third-order valence-electron chi connectivity index (χ3n) is 5.98. The maximum atomic E-state index is 10.5. The van der Waals surface area contributed by atoms with Gasteiger partial charge in [0.05, 0.1) is 6.10 Å². The van der Waals surface area contributed by atoms with Crippen molar-refractivity contribution in [2.75, 3.05) is 26.2 Å².